The van der Waals surface area contributed by atoms with Gasteiger partial charge < -0.3 is 5.32 Å². The molecular formula is C13H24N2. The molecule has 0 aromatic heterocycles. The minimum atomic E-state index is 0.556. The Balaban J connectivity index is 1.55. The van der Waals surface area contributed by atoms with Crippen molar-refractivity contribution in [3.05, 3.63) is 0 Å². The summed E-state index contributed by atoms with van der Waals surface area (Å²) in [6.07, 6.45) is 10.0. The molecule has 0 aromatic carbocycles. The van der Waals surface area contributed by atoms with Crippen molar-refractivity contribution in [2.24, 2.45) is 0 Å². The van der Waals surface area contributed by atoms with Gasteiger partial charge in [-0.2, -0.15) is 0 Å². The van der Waals surface area contributed by atoms with Crippen LogP contribution in [0.5, 0.6) is 0 Å². The van der Waals surface area contributed by atoms with Gasteiger partial charge in [-0.05, 0) is 39.0 Å². The summed E-state index contributed by atoms with van der Waals surface area (Å²) in [5.41, 5.74) is 0.556. The molecule has 3 fully saturated rings. The molecule has 0 spiro atoms. The van der Waals surface area contributed by atoms with Crippen molar-refractivity contribution in [3.63, 3.8) is 0 Å². The highest BCUT2D eigenvalue weighted by molar-refractivity contribution is 4.97. The molecule has 2 heteroatoms. The lowest BCUT2D eigenvalue weighted by Gasteiger charge is -2.35. The zero-order chi connectivity index (χ0) is 10.3. The van der Waals surface area contributed by atoms with Crippen molar-refractivity contribution >= 4 is 0 Å². The third-order valence-corrected chi connectivity index (χ3v) is 4.68. The largest absolute Gasteiger partial charge is 0.310 e. The summed E-state index contributed by atoms with van der Waals surface area (Å²) in [4.78, 5) is 2.76. The second-order valence-corrected chi connectivity index (χ2v) is 6.08. The molecule has 2 saturated carbocycles. The van der Waals surface area contributed by atoms with Crippen molar-refractivity contribution in [3.8, 4) is 0 Å². The van der Waals surface area contributed by atoms with Crippen molar-refractivity contribution in [2.45, 2.75) is 69.5 Å². The first kappa shape index (κ1) is 10.1. The Morgan fingerprint density at radius 1 is 1.07 bits per heavy atom. The Morgan fingerprint density at radius 2 is 1.80 bits per heavy atom. The third kappa shape index (κ3) is 2.07. The lowest BCUT2D eigenvalue weighted by molar-refractivity contribution is 0.138. The van der Waals surface area contributed by atoms with E-state index in [9.17, 15) is 0 Å². The van der Waals surface area contributed by atoms with E-state index >= 15 is 0 Å². The monoisotopic (exact) mass is 208 g/mol. The fourth-order valence-electron chi connectivity index (χ4n) is 3.42. The normalized spacial score (nSPS) is 36.2. The number of rotatable bonds is 3. The maximum Gasteiger partial charge on any atom is 0.0209 e. The van der Waals surface area contributed by atoms with Gasteiger partial charge in [0.15, 0.2) is 0 Å². The minimum Gasteiger partial charge on any atom is -0.310 e. The van der Waals surface area contributed by atoms with Crippen LogP contribution in [0.3, 0.4) is 0 Å². The molecule has 1 aliphatic heterocycles. The van der Waals surface area contributed by atoms with Gasteiger partial charge in [0.2, 0.25) is 0 Å². The molecule has 2 aliphatic carbocycles. The van der Waals surface area contributed by atoms with Crippen molar-refractivity contribution in [2.75, 3.05) is 13.1 Å². The summed E-state index contributed by atoms with van der Waals surface area (Å²) in [6, 6.07) is 1.68. The Labute approximate surface area is 93.4 Å². The number of nitrogens with zero attached hydrogens (tertiary/aromatic N) is 1. The van der Waals surface area contributed by atoms with Crippen LogP contribution < -0.4 is 5.32 Å². The van der Waals surface area contributed by atoms with Gasteiger partial charge in [-0.25, -0.2) is 0 Å². The average Bonchev–Trinajstić information content (AvgIpc) is 2.73. The summed E-state index contributed by atoms with van der Waals surface area (Å²) < 4.78 is 0. The predicted octanol–water partition coefficient (Wildman–Crippen LogP) is 2.15. The van der Waals surface area contributed by atoms with Crippen LogP contribution in [0.15, 0.2) is 0 Å². The van der Waals surface area contributed by atoms with Crippen LogP contribution in [0.25, 0.3) is 0 Å². The summed E-state index contributed by atoms with van der Waals surface area (Å²) in [6.45, 7) is 5.13. The molecule has 1 unspecified atom stereocenters. The number of hydrogen-bond donors (Lipinski definition) is 1. The van der Waals surface area contributed by atoms with Gasteiger partial charge in [0.1, 0.15) is 0 Å². The fourth-order valence-corrected chi connectivity index (χ4v) is 3.42. The van der Waals surface area contributed by atoms with E-state index in [4.69, 9.17) is 0 Å². The smallest absolute Gasteiger partial charge is 0.0209 e. The molecule has 1 N–H and O–H groups in total. The highest BCUT2D eigenvalue weighted by Crippen LogP contribution is 2.37. The van der Waals surface area contributed by atoms with E-state index in [1.165, 1.54) is 58.0 Å². The van der Waals surface area contributed by atoms with E-state index < -0.39 is 0 Å². The Bertz CT molecular complexity index is 229. The van der Waals surface area contributed by atoms with Crippen LogP contribution in [0, 0.1) is 0 Å². The zero-order valence-corrected chi connectivity index (χ0v) is 9.97. The predicted molar refractivity (Wildman–Crippen MR) is 63.0 cm³/mol. The lowest BCUT2D eigenvalue weighted by atomic mass is 9.99. The van der Waals surface area contributed by atoms with Gasteiger partial charge in [0.05, 0.1) is 0 Å². The summed E-state index contributed by atoms with van der Waals surface area (Å²) in [7, 11) is 0. The Morgan fingerprint density at radius 3 is 2.47 bits per heavy atom. The molecule has 86 valence electrons. The van der Waals surface area contributed by atoms with Crippen molar-refractivity contribution in [1.29, 1.82) is 0 Å². The topological polar surface area (TPSA) is 15.3 Å². The van der Waals surface area contributed by atoms with Crippen LogP contribution in [-0.4, -0.2) is 35.6 Å². The van der Waals surface area contributed by atoms with E-state index in [-0.39, 0.29) is 0 Å². The van der Waals surface area contributed by atoms with Gasteiger partial charge in [0, 0.05) is 30.7 Å². The van der Waals surface area contributed by atoms with Crippen LogP contribution in [0.4, 0.5) is 0 Å². The zero-order valence-electron chi connectivity index (χ0n) is 9.97. The quantitative estimate of drug-likeness (QED) is 0.764. The molecule has 1 atom stereocenters. The summed E-state index contributed by atoms with van der Waals surface area (Å²) >= 11 is 0. The van der Waals surface area contributed by atoms with E-state index in [1.54, 1.807) is 0 Å². The van der Waals surface area contributed by atoms with Crippen LogP contribution in [0.1, 0.15) is 51.9 Å². The molecule has 0 amide bonds. The molecule has 1 saturated heterocycles. The van der Waals surface area contributed by atoms with E-state index in [0.29, 0.717) is 5.54 Å². The second kappa shape index (κ2) is 3.74. The van der Waals surface area contributed by atoms with E-state index in [0.717, 1.165) is 12.1 Å². The lowest BCUT2D eigenvalue weighted by Crippen LogP contribution is -2.44. The van der Waals surface area contributed by atoms with Crippen molar-refractivity contribution < 1.29 is 0 Å². The summed E-state index contributed by atoms with van der Waals surface area (Å²) in [5.74, 6) is 0. The molecule has 0 aromatic rings. The van der Waals surface area contributed by atoms with Crippen molar-refractivity contribution in [1.82, 2.24) is 10.2 Å². The first-order valence-electron chi connectivity index (χ1n) is 6.77. The van der Waals surface area contributed by atoms with Gasteiger partial charge in [-0.3, -0.25) is 4.90 Å². The fraction of sp³-hybridized carbons (Fsp3) is 1.00. The first-order valence-corrected chi connectivity index (χ1v) is 6.77. The maximum absolute atomic E-state index is 3.78. The first-order chi connectivity index (χ1) is 7.26. The number of likely N-dealkylation sites (tertiary alicyclic amines) is 1. The molecule has 3 rings (SSSR count). The molecule has 2 nitrogen and oxygen atoms in total. The molecule has 3 aliphatic rings. The third-order valence-electron chi connectivity index (χ3n) is 4.68. The Kier molecular flexibility index (Phi) is 2.52. The van der Waals surface area contributed by atoms with Crippen LogP contribution in [0.2, 0.25) is 0 Å². The van der Waals surface area contributed by atoms with Gasteiger partial charge in [-0.15, -0.1) is 0 Å². The number of nitrogens with one attached hydrogen (secondary N) is 1. The van der Waals surface area contributed by atoms with Gasteiger partial charge >= 0.3 is 0 Å². The van der Waals surface area contributed by atoms with Gasteiger partial charge in [0.25, 0.3) is 0 Å². The molecule has 1 heterocycles. The highest BCUT2D eigenvalue weighted by atomic mass is 15.2. The van der Waals surface area contributed by atoms with Crippen LogP contribution in [-0.2, 0) is 0 Å². The molecule has 0 bridgehead atoms. The maximum atomic E-state index is 3.78. The highest BCUT2D eigenvalue weighted by Gasteiger charge is 2.39. The van der Waals surface area contributed by atoms with Crippen LogP contribution >= 0.6 is 0 Å². The Hall–Kier alpha value is -0.0800. The molecular weight excluding hydrogens is 184 g/mol. The van der Waals surface area contributed by atoms with E-state index in [2.05, 4.69) is 17.1 Å². The van der Waals surface area contributed by atoms with Gasteiger partial charge in [-0.1, -0.05) is 12.8 Å². The SMILES string of the molecule is CC1(N2CCC(NC3CC3)C2)CCCC1. The van der Waals surface area contributed by atoms with E-state index in [1.807, 2.05) is 0 Å². The summed E-state index contributed by atoms with van der Waals surface area (Å²) in [5, 5.41) is 3.78. The molecule has 15 heavy (non-hydrogen) atoms. The average molecular weight is 208 g/mol. The molecule has 0 radical (unpaired) electrons. The standard InChI is InChI=1S/C13H24N2/c1-13(7-2-3-8-13)15-9-6-12(10-15)14-11-4-5-11/h11-12,14H,2-10H2,1H3. The second-order valence-electron chi connectivity index (χ2n) is 6.08. The minimum absolute atomic E-state index is 0.556. The number of hydrogen-bond acceptors (Lipinski definition) is 2.